The van der Waals surface area contributed by atoms with E-state index in [4.69, 9.17) is 15.9 Å². The number of furan rings is 1. The molecule has 1 radical (unpaired) electrons. The number of nitrogens with two attached hydrogens (primary N) is 2. The van der Waals surface area contributed by atoms with Gasteiger partial charge in [-0.25, -0.2) is 20.4 Å². The molecule has 2 heterocycles. The van der Waals surface area contributed by atoms with Crippen LogP contribution < -0.4 is 22.3 Å². The SMILES string of the molecule is C/C(=N\NC(N)=O)c1cccs1.NC(=O)N/N=C/c1ccco1.[Mn]. The van der Waals surface area contributed by atoms with Crippen LogP contribution in [0, 0.1) is 0 Å². The summed E-state index contributed by atoms with van der Waals surface area (Å²) in [6.07, 6.45) is 2.86. The van der Waals surface area contributed by atoms with Gasteiger partial charge < -0.3 is 15.9 Å². The Balaban J connectivity index is 0.000000425. The van der Waals surface area contributed by atoms with Gasteiger partial charge >= 0.3 is 12.1 Å². The standard InChI is InChI=1S/C7H9N3OS.C6H7N3O2.Mn/c1-5(9-10-7(8)11)6-3-2-4-12-6;7-6(10)9-8-4-5-2-1-3-11-5;/h2-4H,1H3,(H3,8,10,11);1-4H,(H3,7,9,10);/b9-5+;8-4+;. The summed E-state index contributed by atoms with van der Waals surface area (Å²) in [4.78, 5) is 21.4. The molecule has 0 atom stereocenters. The third-order valence-corrected chi connectivity index (χ3v) is 3.10. The van der Waals surface area contributed by atoms with Crippen LogP contribution in [0.5, 0.6) is 0 Å². The second-order valence-electron chi connectivity index (χ2n) is 3.90. The van der Waals surface area contributed by atoms with Gasteiger partial charge in [0.05, 0.1) is 18.2 Å². The molecule has 0 aliphatic carbocycles. The van der Waals surface area contributed by atoms with E-state index < -0.39 is 12.1 Å². The number of hydrazone groups is 2. The first kappa shape index (κ1) is 21.4. The van der Waals surface area contributed by atoms with Gasteiger partial charge in [0.2, 0.25) is 0 Å². The normalized spacial score (nSPS) is 10.3. The Kier molecular flexibility index (Phi) is 10.6. The molecule has 0 saturated heterocycles. The number of urea groups is 2. The summed E-state index contributed by atoms with van der Waals surface area (Å²) in [6, 6.07) is 5.91. The minimum absolute atomic E-state index is 0. The Hall–Kier alpha value is -2.62. The first-order chi connectivity index (χ1) is 11.0. The van der Waals surface area contributed by atoms with Gasteiger partial charge in [-0.3, -0.25) is 0 Å². The molecular weight excluding hydrogens is 375 g/mol. The Labute approximate surface area is 152 Å². The van der Waals surface area contributed by atoms with Gasteiger partial charge in [-0.1, -0.05) is 6.07 Å². The molecule has 2 aromatic rings. The summed E-state index contributed by atoms with van der Waals surface area (Å²) in [5, 5.41) is 9.18. The van der Waals surface area contributed by atoms with Crippen molar-refractivity contribution in [1.82, 2.24) is 10.9 Å². The van der Waals surface area contributed by atoms with Crippen molar-refractivity contribution in [2.45, 2.75) is 6.92 Å². The van der Waals surface area contributed by atoms with Crippen LogP contribution in [-0.2, 0) is 17.1 Å². The summed E-state index contributed by atoms with van der Waals surface area (Å²) in [7, 11) is 0. The van der Waals surface area contributed by atoms with Crippen molar-refractivity contribution in [2.75, 3.05) is 0 Å². The third kappa shape index (κ3) is 9.41. The van der Waals surface area contributed by atoms with Crippen molar-refractivity contribution in [3.63, 3.8) is 0 Å². The molecule has 0 bridgehead atoms. The van der Waals surface area contributed by atoms with Crippen molar-refractivity contribution < 1.29 is 31.1 Å². The second kappa shape index (κ2) is 11.9. The summed E-state index contributed by atoms with van der Waals surface area (Å²) in [5.41, 5.74) is 14.5. The molecule has 0 saturated carbocycles. The molecule has 129 valence electrons. The Morgan fingerprint density at radius 1 is 1.21 bits per heavy atom. The molecule has 0 aliphatic heterocycles. The predicted molar refractivity (Wildman–Crippen MR) is 88.3 cm³/mol. The summed E-state index contributed by atoms with van der Waals surface area (Å²) in [6.45, 7) is 1.81. The van der Waals surface area contributed by atoms with Crippen LogP contribution >= 0.6 is 11.3 Å². The quantitative estimate of drug-likeness (QED) is 0.355. The molecule has 0 aromatic carbocycles. The van der Waals surface area contributed by atoms with Crippen LogP contribution in [0.25, 0.3) is 0 Å². The van der Waals surface area contributed by atoms with Gasteiger partial charge in [0.15, 0.2) is 0 Å². The number of thiophene rings is 1. The largest absolute Gasteiger partial charge is 0.463 e. The van der Waals surface area contributed by atoms with Crippen LogP contribution in [-0.4, -0.2) is 24.0 Å². The predicted octanol–water partition coefficient (Wildman–Crippen LogP) is 1.42. The molecule has 0 aliphatic rings. The van der Waals surface area contributed by atoms with Crippen LogP contribution in [0.4, 0.5) is 9.59 Å². The van der Waals surface area contributed by atoms with E-state index in [1.807, 2.05) is 29.9 Å². The first-order valence-corrected chi connectivity index (χ1v) is 7.12. The molecule has 2 aromatic heterocycles. The molecule has 4 amide bonds. The number of carbonyl (C=O) groups is 2. The number of primary amides is 2. The van der Waals surface area contributed by atoms with E-state index in [0.717, 1.165) is 10.6 Å². The number of hydrogen-bond donors (Lipinski definition) is 4. The van der Waals surface area contributed by atoms with Crippen LogP contribution in [0.15, 0.2) is 50.5 Å². The van der Waals surface area contributed by atoms with E-state index in [0.29, 0.717) is 5.76 Å². The molecule has 6 N–H and O–H groups in total. The zero-order valence-electron chi connectivity index (χ0n) is 12.6. The van der Waals surface area contributed by atoms with Gasteiger partial charge in [0.25, 0.3) is 0 Å². The van der Waals surface area contributed by atoms with Crippen LogP contribution in [0.2, 0.25) is 0 Å². The topological polar surface area (TPSA) is 148 Å². The summed E-state index contributed by atoms with van der Waals surface area (Å²) >= 11 is 1.56. The van der Waals surface area contributed by atoms with Crippen LogP contribution in [0.3, 0.4) is 0 Å². The molecule has 11 heteroatoms. The van der Waals surface area contributed by atoms with E-state index >= 15 is 0 Å². The van der Waals surface area contributed by atoms with Crippen molar-refractivity contribution in [3.8, 4) is 0 Å². The maximum atomic E-state index is 10.3. The number of rotatable bonds is 4. The fourth-order valence-corrected chi connectivity index (χ4v) is 1.88. The second-order valence-corrected chi connectivity index (χ2v) is 4.85. The fourth-order valence-electron chi connectivity index (χ4n) is 1.20. The van der Waals surface area contributed by atoms with Gasteiger partial charge in [-0.05, 0) is 30.5 Å². The van der Waals surface area contributed by atoms with E-state index in [9.17, 15) is 9.59 Å². The number of nitrogens with one attached hydrogen (secondary N) is 2. The Morgan fingerprint density at radius 2 is 1.92 bits per heavy atom. The van der Waals surface area contributed by atoms with E-state index in [2.05, 4.69) is 15.6 Å². The number of carbonyl (C=O) groups excluding carboxylic acids is 2. The van der Waals surface area contributed by atoms with Gasteiger partial charge in [0.1, 0.15) is 5.76 Å². The number of hydrogen-bond acceptors (Lipinski definition) is 6. The third-order valence-electron chi connectivity index (χ3n) is 2.12. The molecule has 2 rings (SSSR count). The maximum absolute atomic E-state index is 10.3. The summed E-state index contributed by atoms with van der Waals surface area (Å²) < 4.78 is 4.87. The minimum Gasteiger partial charge on any atom is -0.463 e. The van der Waals surface area contributed by atoms with Crippen molar-refractivity contribution in [1.29, 1.82) is 0 Å². The van der Waals surface area contributed by atoms with Crippen molar-refractivity contribution in [2.24, 2.45) is 21.7 Å². The Bertz CT molecular complexity index is 670. The smallest absolute Gasteiger partial charge is 0.332 e. The van der Waals surface area contributed by atoms with Crippen molar-refractivity contribution in [3.05, 3.63) is 46.5 Å². The fraction of sp³-hybridized carbons (Fsp3) is 0.0769. The van der Waals surface area contributed by atoms with Crippen molar-refractivity contribution >= 4 is 35.3 Å². The zero-order chi connectivity index (χ0) is 17.1. The van der Waals surface area contributed by atoms with Gasteiger partial charge in [-0.2, -0.15) is 10.2 Å². The average molecular weight is 391 g/mol. The van der Waals surface area contributed by atoms with Gasteiger partial charge in [0, 0.05) is 21.9 Å². The first-order valence-electron chi connectivity index (χ1n) is 6.24. The molecule has 0 fully saturated rings. The molecule has 0 unspecified atom stereocenters. The average Bonchev–Trinajstić information content (AvgIpc) is 3.18. The summed E-state index contributed by atoms with van der Waals surface area (Å²) in [5.74, 6) is 0.554. The van der Waals surface area contributed by atoms with Gasteiger partial charge in [-0.15, -0.1) is 11.3 Å². The van der Waals surface area contributed by atoms with E-state index in [1.54, 1.807) is 23.5 Å². The Morgan fingerprint density at radius 3 is 2.42 bits per heavy atom. The maximum Gasteiger partial charge on any atom is 0.332 e. The zero-order valence-corrected chi connectivity index (χ0v) is 14.6. The molecular formula is C13H16MnN6O3S. The molecule has 24 heavy (non-hydrogen) atoms. The van der Waals surface area contributed by atoms with E-state index in [-0.39, 0.29) is 17.1 Å². The van der Waals surface area contributed by atoms with E-state index in [1.165, 1.54) is 12.5 Å². The minimum atomic E-state index is -0.701. The number of nitrogens with zero attached hydrogens (tertiary/aromatic N) is 2. The van der Waals surface area contributed by atoms with Crippen LogP contribution in [0.1, 0.15) is 17.6 Å². The monoisotopic (exact) mass is 391 g/mol. The molecule has 9 nitrogen and oxygen atoms in total. The number of amides is 4. The molecule has 0 spiro atoms.